The van der Waals surface area contributed by atoms with Crippen molar-refractivity contribution in [2.45, 2.75) is 75.5 Å². The van der Waals surface area contributed by atoms with Crippen molar-refractivity contribution in [2.75, 3.05) is 11.9 Å². The Hall–Kier alpha value is -2.30. The first-order valence-corrected chi connectivity index (χ1v) is 11.7. The molecule has 2 aromatic rings. The molecule has 5 aliphatic rings. The lowest BCUT2D eigenvalue weighted by Gasteiger charge is -2.57. The fraction of sp³-hybridized carbons (Fsp3) is 0.727. The van der Waals surface area contributed by atoms with Crippen LogP contribution in [0.4, 0.5) is 5.82 Å². The predicted octanol–water partition coefficient (Wildman–Crippen LogP) is 0.962. The summed E-state index contributed by atoms with van der Waals surface area (Å²) in [7, 11) is 0. The molecule has 4 saturated carbocycles. The van der Waals surface area contributed by atoms with Gasteiger partial charge in [0.05, 0.1) is 6.33 Å². The molecular formula is C22H30N6O4. The third-order valence-corrected chi connectivity index (χ3v) is 7.90. The second-order valence-corrected chi connectivity index (χ2v) is 10.2. The number of nitrogens with zero attached hydrogens (tertiary/aromatic N) is 4. The van der Waals surface area contributed by atoms with Gasteiger partial charge in [-0.05, 0) is 63.2 Å². The van der Waals surface area contributed by atoms with Crippen LogP contribution in [0.2, 0.25) is 0 Å². The molecule has 4 bridgehead atoms. The molecule has 4 aliphatic carbocycles. The molecule has 0 radical (unpaired) electrons. The standard InChI is InChI=1S/C22H30N6O4/c1-2-23-20(31)17-15(29)16(30)21(32-17)28-10-26-14-18(24-9-25-19(14)28)27-22-6-11-3-12(7-22)5-13(4-11)8-22/h9-13,15-17,21,29-30H,2-8H2,1H3,(H,23,31)(H,24,25,27)/t11?,12?,13?,15-,16+,17-,21+,22?/m0/s1. The van der Waals surface area contributed by atoms with Crippen LogP contribution >= 0.6 is 0 Å². The van der Waals surface area contributed by atoms with E-state index < -0.39 is 30.4 Å². The van der Waals surface area contributed by atoms with Crippen molar-refractivity contribution in [3.63, 3.8) is 0 Å². The van der Waals surface area contributed by atoms with Crippen LogP contribution in [0, 0.1) is 17.8 Å². The molecule has 172 valence electrons. The SMILES string of the molecule is CCNC(=O)[C@H]1O[C@@H](n2cnc3c(NC45CC6CC(CC(C6)C4)C5)ncnc32)[C@H](O)[C@@H]1O. The number of aromatic nitrogens is 4. The number of amides is 1. The molecule has 5 fully saturated rings. The van der Waals surface area contributed by atoms with Crippen LogP contribution in [-0.2, 0) is 9.53 Å². The maximum atomic E-state index is 12.2. The van der Waals surface area contributed by atoms with Crippen LogP contribution in [0.5, 0.6) is 0 Å². The smallest absolute Gasteiger partial charge is 0.252 e. The van der Waals surface area contributed by atoms with Crippen molar-refractivity contribution in [3.05, 3.63) is 12.7 Å². The number of rotatable bonds is 5. The molecule has 1 amide bonds. The Kier molecular flexibility index (Phi) is 4.67. The van der Waals surface area contributed by atoms with E-state index in [1.807, 2.05) is 0 Å². The summed E-state index contributed by atoms with van der Waals surface area (Å²) in [6.07, 6.45) is 5.89. The van der Waals surface area contributed by atoms with E-state index in [0.717, 1.165) is 17.8 Å². The summed E-state index contributed by atoms with van der Waals surface area (Å²) in [5.74, 6) is 2.66. The number of hydrogen-bond donors (Lipinski definition) is 4. The van der Waals surface area contributed by atoms with Crippen molar-refractivity contribution >= 4 is 22.9 Å². The second-order valence-electron chi connectivity index (χ2n) is 10.2. The summed E-state index contributed by atoms with van der Waals surface area (Å²) in [4.78, 5) is 25.6. The van der Waals surface area contributed by atoms with Crippen LogP contribution < -0.4 is 10.6 Å². The molecule has 7 rings (SSSR count). The van der Waals surface area contributed by atoms with Gasteiger partial charge >= 0.3 is 0 Å². The number of fused-ring (bicyclic) bond motifs is 1. The number of aliphatic hydroxyl groups is 2. The van der Waals surface area contributed by atoms with E-state index in [2.05, 4.69) is 25.6 Å². The number of hydrogen-bond acceptors (Lipinski definition) is 8. The zero-order valence-electron chi connectivity index (χ0n) is 18.1. The minimum absolute atomic E-state index is 0.0721. The van der Waals surface area contributed by atoms with Gasteiger partial charge < -0.3 is 25.6 Å². The van der Waals surface area contributed by atoms with Crippen molar-refractivity contribution in [1.29, 1.82) is 0 Å². The highest BCUT2D eigenvalue weighted by molar-refractivity contribution is 5.84. The van der Waals surface area contributed by atoms with Crippen LogP contribution in [0.25, 0.3) is 11.2 Å². The number of nitrogens with one attached hydrogen (secondary N) is 2. The molecule has 4 atom stereocenters. The molecule has 4 N–H and O–H groups in total. The minimum Gasteiger partial charge on any atom is -0.387 e. The summed E-state index contributed by atoms with van der Waals surface area (Å²) in [6, 6.07) is 0. The lowest BCUT2D eigenvalue weighted by atomic mass is 9.53. The van der Waals surface area contributed by atoms with Gasteiger partial charge in [0.15, 0.2) is 29.3 Å². The highest BCUT2D eigenvalue weighted by Crippen LogP contribution is 2.56. The molecule has 3 heterocycles. The first-order valence-electron chi connectivity index (χ1n) is 11.7. The van der Waals surface area contributed by atoms with Crippen molar-refractivity contribution in [1.82, 2.24) is 24.8 Å². The Morgan fingerprint density at radius 3 is 2.47 bits per heavy atom. The molecule has 32 heavy (non-hydrogen) atoms. The number of aliphatic hydroxyl groups excluding tert-OH is 2. The van der Waals surface area contributed by atoms with Gasteiger partial charge in [0.1, 0.15) is 18.5 Å². The number of ether oxygens (including phenoxy) is 1. The van der Waals surface area contributed by atoms with Crippen molar-refractivity contribution < 1.29 is 19.7 Å². The summed E-state index contributed by atoms with van der Waals surface area (Å²) in [5.41, 5.74) is 1.18. The average Bonchev–Trinajstić information content (AvgIpc) is 3.29. The van der Waals surface area contributed by atoms with Gasteiger partial charge in [0.25, 0.3) is 5.91 Å². The molecule has 0 spiro atoms. The van der Waals surface area contributed by atoms with Gasteiger partial charge in [-0.1, -0.05) is 0 Å². The van der Waals surface area contributed by atoms with Crippen LogP contribution in [0.15, 0.2) is 12.7 Å². The molecule has 2 aromatic heterocycles. The van der Waals surface area contributed by atoms with Crippen molar-refractivity contribution in [2.24, 2.45) is 17.8 Å². The van der Waals surface area contributed by atoms with Gasteiger partial charge in [-0.25, -0.2) is 15.0 Å². The monoisotopic (exact) mass is 442 g/mol. The first kappa shape index (κ1) is 20.3. The molecule has 0 unspecified atom stereocenters. The summed E-state index contributed by atoms with van der Waals surface area (Å²) < 4.78 is 7.34. The zero-order chi connectivity index (χ0) is 22.0. The van der Waals surface area contributed by atoms with E-state index in [0.29, 0.717) is 23.5 Å². The van der Waals surface area contributed by atoms with E-state index >= 15 is 0 Å². The zero-order valence-corrected chi connectivity index (χ0v) is 18.1. The van der Waals surface area contributed by atoms with E-state index in [9.17, 15) is 15.0 Å². The normalized spacial score (nSPS) is 40.2. The average molecular weight is 443 g/mol. The molecule has 1 aliphatic heterocycles. The fourth-order valence-electron chi connectivity index (χ4n) is 7.03. The lowest BCUT2D eigenvalue weighted by molar-refractivity contribution is -0.137. The molecule has 0 aromatic carbocycles. The van der Waals surface area contributed by atoms with Gasteiger partial charge in [-0.2, -0.15) is 0 Å². The number of anilines is 1. The fourth-order valence-corrected chi connectivity index (χ4v) is 7.03. The van der Waals surface area contributed by atoms with Gasteiger partial charge in [0, 0.05) is 12.1 Å². The second kappa shape index (κ2) is 7.36. The largest absolute Gasteiger partial charge is 0.387 e. The Bertz CT molecular complexity index is 1010. The van der Waals surface area contributed by atoms with Crippen LogP contribution in [0.1, 0.15) is 51.7 Å². The van der Waals surface area contributed by atoms with Crippen LogP contribution in [0.3, 0.4) is 0 Å². The molecule has 10 heteroatoms. The number of likely N-dealkylation sites (N-methyl/N-ethyl adjacent to an activating group) is 1. The molecular weight excluding hydrogens is 412 g/mol. The number of carbonyl (C=O) groups excluding carboxylic acids is 1. The topological polar surface area (TPSA) is 134 Å². The van der Waals surface area contributed by atoms with E-state index in [4.69, 9.17) is 4.74 Å². The highest BCUT2D eigenvalue weighted by atomic mass is 16.6. The third-order valence-electron chi connectivity index (χ3n) is 7.90. The maximum absolute atomic E-state index is 12.2. The Balaban J connectivity index is 1.29. The summed E-state index contributed by atoms with van der Waals surface area (Å²) in [6.45, 7) is 2.19. The quantitative estimate of drug-likeness (QED) is 0.538. The van der Waals surface area contributed by atoms with Gasteiger partial charge in [-0.3, -0.25) is 9.36 Å². The predicted molar refractivity (Wildman–Crippen MR) is 114 cm³/mol. The maximum Gasteiger partial charge on any atom is 0.252 e. The van der Waals surface area contributed by atoms with Gasteiger partial charge in [0.2, 0.25) is 0 Å². The van der Waals surface area contributed by atoms with Crippen LogP contribution in [-0.4, -0.2) is 66.0 Å². The molecule has 10 nitrogen and oxygen atoms in total. The molecule has 1 saturated heterocycles. The number of imidazole rings is 1. The summed E-state index contributed by atoms with van der Waals surface area (Å²) in [5, 5.41) is 27.4. The lowest BCUT2D eigenvalue weighted by Crippen LogP contribution is -2.54. The van der Waals surface area contributed by atoms with Gasteiger partial charge in [-0.15, -0.1) is 0 Å². The van der Waals surface area contributed by atoms with Crippen molar-refractivity contribution in [3.8, 4) is 0 Å². The van der Waals surface area contributed by atoms with E-state index in [1.54, 1.807) is 11.5 Å². The Labute approximate surface area is 185 Å². The number of carbonyl (C=O) groups is 1. The third kappa shape index (κ3) is 3.11. The first-order chi connectivity index (χ1) is 15.5. The Morgan fingerprint density at radius 1 is 1.12 bits per heavy atom. The Morgan fingerprint density at radius 2 is 1.81 bits per heavy atom. The summed E-state index contributed by atoms with van der Waals surface area (Å²) >= 11 is 0. The van der Waals surface area contributed by atoms with E-state index in [1.165, 1.54) is 51.2 Å². The highest BCUT2D eigenvalue weighted by Gasteiger charge is 2.51. The minimum atomic E-state index is -1.34. The van der Waals surface area contributed by atoms with E-state index in [-0.39, 0.29) is 5.54 Å².